The molecule has 3 nitrogen and oxygen atoms in total. The fraction of sp³-hybridized carbons (Fsp3) is 0.579. The molecule has 0 aromatic heterocycles. The van der Waals surface area contributed by atoms with E-state index in [0.29, 0.717) is 11.2 Å². The Balaban J connectivity index is 1.68. The van der Waals surface area contributed by atoms with Gasteiger partial charge in [-0.3, -0.25) is 5.43 Å². The smallest absolute Gasteiger partial charge is 0.187 e. The molecule has 0 saturated heterocycles. The lowest BCUT2D eigenvalue weighted by Gasteiger charge is -2.24. The van der Waals surface area contributed by atoms with Crippen LogP contribution in [0.3, 0.4) is 0 Å². The third-order valence-electron chi connectivity index (χ3n) is 5.00. The molecule has 1 aromatic rings. The normalized spacial score (nSPS) is 20.2. The van der Waals surface area contributed by atoms with Crippen molar-refractivity contribution in [2.75, 3.05) is 0 Å². The lowest BCUT2D eigenvalue weighted by molar-refractivity contribution is 0.412. The van der Waals surface area contributed by atoms with Crippen LogP contribution in [-0.2, 0) is 6.42 Å². The minimum Gasteiger partial charge on any atom is -0.359 e. The second kappa shape index (κ2) is 7.43. The molecule has 2 N–H and O–H groups in total. The van der Waals surface area contributed by atoms with Gasteiger partial charge >= 0.3 is 0 Å². The van der Waals surface area contributed by atoms with Gasteiger partial charge in [0.25, 0.3) is 0 Å². The Kier molecular flexibility index (Phi) is 5.31. The number of hydrogen-bond acceptors (Lipinski definition) is 2. The van der Waals surface area contributed by atoms with Crippen molar-refractivity contribution < 1.29 is 0 Å². The van der Waals surface area contributed by atoms with Crippen LogP contribution < -0.4 is 10.7 Å². The largest absolute Gasteiger partial charge is 0.359 e. The third kappa shape index (κ3) is 4.11. The second-order valence-electron chi connectivity index (χ2n) is 6.94. The molecule has 4 heteroatoms. The monoisotopic (exact) mass is 329 g/mol. The number of benzene rings is 1. The number of aryl methyl sites for hydroxylation is 2. The molecule has 0 spiro atoms. The quantitative estimate of drug-likeness (QED) is 0.632. The maximum Gasteiger partial charge on any atom is 0.187 e. The number of fused-ring (bicyclic) bond motifs is 1. The molecule has 0 aliphatic heterocycles. The lowest BCUT2D eigenvalue weighted by atomic mass is 9.86. The summed E-state index contributed by atoms with van der Waals surface area (Å²) in [6.07, 6.45) is 9.76. The molecule has 0 bridgehead atoms. The summed E-state index contributed by atoms with van der Waals surface area (Å²) in [5.41, 5.74) is 9.68. The topological polar surface area (TPSA) is 36.4 Å². The fourth-order valence-electron chi connectivity index (χ4n) is 3.85. The van der Waals surface area contributed by atoms with Gasteiger partial charge in [-0.2, -0.15) is 5.10 Å². The summed E-state index contributed by atoms with van der Waals surface area (Å²) < 4.78 is 0. The molecule has 0 atom stereocenters. The summed E-state index contributed by atoms with van der Waals surface area (Å²) in [5.74, 6) is 0. The molecule has 0 heterocycles. The molecule has 0 radical (unpaired) electrons. The van der Waals surface area contributed by atoms with Crippen molar-refractivity contribution in [2.45, 2.75) is 71.3 Å². The van der Waals surface area contributed by atoms with E-state index < -0.39 is 0 Å². The van der Waals surface area contributed by atoms with E-state index in [0.717, 1.165) is 18.6 Å². The molecule has 2 aliphatic carbocycles. The SMILES string of the molecule is Cc1cc(C)c2c(c1)C(=NNC(=S)NC1CCCCC1)CCC2. The lowest BCUT2D eigenvalue weighted by Crippen LogP contribution is -2.41. The average molecular weight is 330 g/mol. The van der Waals surface area contributed by atoms with Gasteiger partial charge in [0.1, 0.15) is 0 Å². The van der Waals surface area contributed by atoms with Crippen molar-refractivity contribution in [3.8, 4) is 0 Å². The van der Waals surface area contributed by atoms with Gasteiger partial charge in [-0.15, -0.1) is 0 Å². The minimum atomic E-state index is 0.520. The molecule has 3 rings (SSSR count). The Hall–Kier alpha value is -1.42. The van der Waals surface area contributed by atoms with Gasteiger partial charge in [0, 0.05) is 11.6 Å². The zero-order valence-corrected chi connectivity index (χ0v) is 15.1. The van der Waals surface area contributed by atoms with Gasteiger partial charge in [0.05, 0.1) is 5.71 Å². The maximum absolute atomic E-state index is 5.42. The average Bonchev–Trinajstić information content (AvgIpc) is 2.54. The van der Waals surface area contributed by atoms with Gasteiger partial charge in [-0.1, -0.05) is 30.9 Å². The van der Waals surface area contributed by atoms with Gasteiger partial charge in [0.15, 0.2) is 5.11 Å². The van der Waals surface area contributed by atoms with Crippen LogP contribution in [0.2, 0.25) is 0 Å². The van der Waals surface area contributed by atoms with Gasteiger partial charge in [-0.25, -0.2) is 0 Å². The highest BCUT2D eigenvalue weighted by Crippen LogP contribution is 2.26. The van der Waals surface area contributed by atoms with Crippen molar-refractivity contribution in [1.82, 2.24) is 10.7 Å². The van der Waals surface area contributed by atoms with Crippen molar-refractivity contribution in [2.24, 2.45) is 5.10 Å². The van der Waals surface area contributed by atoms with E-state index in [9.17, 15) is 0 Å². The van der Waals surface area contributed by atoms with E-state index in [1.54, 1.807) is 0 Å². The third-order valence-corrected chi connectivity index (χ3v) is 5.21. The summed E-state index contributed by atoms with van der Waals surface area (Å²) in [6, 6.07) is 5.05. The first-order chi connectivity index (χ1) is 11.1. The highest BCUT2D eigenvalue weighted by molar-refractivity contribution is 7.80. The van der Waals surface area contributed by atoms with Crippen LogP contribution in [0.25, 0.3) is 0 Å². The Morgan fingerprint density at radius 2 is 1.87 bits per heavy atom. The van der Waals surface area contributed by atoms with Crippen LogP contribution in [0.5, 0.6) is 0 Å². The van der Waals surface area contributed by atoms with Crippen molar-refractivity contribution >= 4 is 23.0 Å². The predicted octanol–water partition coefficient (Wildman–Crippen LogP) is 4.14. The van der Waals surface area contributed by atoms with Gasteiger partial charge < -0.3 is 5.32 Å². The molecule has 0 unspecified atom stereocenters. The van der Waals surface area contributed by atoms with Crippen molar-refractivity contribution in [3.05, 3.63) is 34.4 Å². The van der Waals surface area contributed by atoms with E-state index in [1.165, 1.54) is 60.8 Å². The highest BCUT2D eigenvalue weighted by atomic mass is 32.1. The van der Waals surface area contributed by atoms with E-state index in [4.69, 9.17) is 12.2 Å². The van der Waals surface area contributed by atoms with Gasteiger partial charge in [0.2, 0.25) is 0 Å². The van der Waals surface area contributed by atoms with Crippen molar-refractivity contribution in [3.63, 3.8) is 0 Å². The molecule has 124 valence electrons. The van der Waals surface area contributed by atoms with Crippen molar-refractivity contribution in [1.29, 1.82) is 0 Å². The summed E-state index contributed by atoms with van der Waals surface area (Å²) in [5, 5.41) is 8.72. The summed E-state index contributed by atoms with van der Waals surface area (Å²) in [4.78, 5) is 0. The van der Waals surface area contributed by atoms with E-state index in [1.807, 2.05) is 0 Å². The number of hydrazone groups is 1. The van der Waals surface area contributed by atoms with Gasteiger partial charge in [-0.05, 0) is 75.4 Å². The maximum atomic E-state index is 5.42. The molecule has 1 fully saturated rings. The standard InChI is InChI=1S/C19H27N3S/c1-13-11-14(2)16-9-6-10-18(17(16)12-13)21-22-19(23)20-15-7-4-3-5-8-15/h11-12,15H,3-10H2,1-2H3,(H2,20,22,23). The van der Waals surface area contributed by atoms with Crippen LogP contribution >= 0.6 is 12.2 Å². The molecule has 1 saturated carbocycles. The zero-order chi connectivity index (χ0) is 16.2. The fourth-order valence-corrected chi connectivity index (χ4v) is 4.07. The Bertz CT molecular complexity index is 615. The predicted molar refractivity (Wildman–Crippen MR) is 101 cm³/mol. The first-order valence-corrected chi connectivity index (χ1v) is 9.28. The number of nitrogens with one attached hydrogen (secondary N) is 2. The van der Waals surface area contributed by atoms with Crippen LogP contribution in [0.4, 0.5) is 0 Å². The Morgan fingerprint density at radius 1 is 1.09 bits per heavy atom. The number of thiocarbonyl (C=S) groups is 1. The molecular formula is C19H27N3S. The summed E-state index contributed by atoms with van der Waals surface area (Å²) in [6.45, 7) is 4.36. The number of nitrogens with zero attached hydrogens (tertiary/aromatic N) is 1. The molecule has 2 aliphatic rings. The second-order valence-corrected chi connectivity index (χ2v) is 7.35. The highest BCUT2D eigenvalue weighted by Gasteiger charge is 2.18. The van der Waals surface area contributed by atoms with Crippen LogP contribution in [0, 0.1) is 13.8 Å². The zero-order valence-electron chi connectivity index (χ0n) is 14.2. The molecular weight excluding hydrogens is 302 g/mol. The first kappa shape index (κ1) is 16.4. The summed E-state index contributed by atoms with van der Waals surface area (Å²) >= 11 is 5.42. The Morgan fingerprint density at radius 3 is 2.65 bits per heavy atom. The number of rotatable bonds is 2. The number of hydrogen-bond donors (Lipinski definition) is 2. The van der Waals surface area contributed by atoms with E-state index in [2.05, 4.69) is 41.8 Å². The Labute approximate surface area is 144 Å². The molecule has 1 aromatic carbocycles. The van der Waals surface area contributed by atoms with E-state index >= 15 is 0 Å². The van der Waals surface area contributed by atoms with E-state index in [-0.39, 0.29) is 0 Å². The van der Waals surface area contributed by atoms with Crippen LogP contribution in [0.15, 0.2) is 17.2 Å². The molecule has 23 heavy (non-hydrogen) atoms. The van der Waals surface area contributed by atoms with Crippen LogP contribution in [0.1, 0.15) is 67.2 Å². The summed E-state index contributed by atoms with van der Waals surface area (Å²) in [7, 11) is 0. The molecule has 0 amide bonds. The van der Waals surface area contributed by atoms with Crippen LogP contribution in [-0.4, -0.2) is 16.9 Å². The first-order valence-electron chi connectivity index (χ1n) is 8.87. The minimum absolute atomic E-state index is 0.520.